The maximum Gasteiger partial charge on any atom is 0.362 e. The average molecular weight is 371 g/mol. The van der Waals surface area contributed by atoms with Crippen molar-refractivity contribution in [3.8, 4) is 0 Å². The fraction of sp³-hybridized carbons (Fsp3) is 0.438. The summed E-state index contributed by atoms with van der Waals surface area (Å²) >= 11 is 0. The summed E-state index contributed by atoms with van der Waals surface area (Å²) in [6, 6.07) is 1.92. The number of ether oxygens (including phenoxy) is 3. The van der Waals surface area contributed by atoms with E-state index in [1.165, 1.54) is 7.11 Å². The number of benzene rings is 1. The van der Waals surface area contributed by atoms with Crippen LogP contribution in [0.15, 0.2) is 17.2 Å². The topological polar surface area (TPSA) is 89.5 Å². The van der Waals surface area contributed by atoms with Crippen LogP contribution in [0, 0.1) is 11.6 Å². The Morgan fingerprint density at radius 2 is 1.92 bits per heavy atom. The van der Waals surface area contributed by atoms with Crippen molar-refractivity contribution in [2.24, 2.45) is 5.10 Å². The van der Waals surface area contributed by atoms with Crippen LogP contribution in [0.25, 0.3) is 0 Å². The maximum absolute atomic E-state index is 14.3. The first-order chi connectivity index (χ1) is 12.5. The zero-order chi connectivity index (χ0) is 19.1. The van der Waals surface area contributed by atoms with Crippen molar-refractivity contribution >= 4 is 28.8 Å². The lowest BCUT2D eigenvalue weighted by Gasteiger charge is -2.29. The molecule has 142 valence electrons. The van der Waals surface area contributed by atoms with E-state index >= 15 is 0 Å². The molecule has 0 amide bonds. The second-order valence-corrected chi connectivity index (χ2v) is 5.30. The monoisotopic (exact) mass is 371 g/mol. The first-order valence-corrected chi connectivity index (χ1v) is 7.73. The van der Waals surface area contributed by atoms with Gasteiger partial charge in [-0.3, -0.25) is 10.2 Å². The Labute approximate surface area is 148 Å². The van der Waals surface area contributed by atoms with Gasteiger partial charge in [0.2, 0.25) is 11.5 Å². The van der Waals surface area contributed by atoms with E-state index in [1.807, 2.05) is 0 Å². The quantitative estimate of drug-likeness (QED) is 0.330. The van der Waals surface area contributed by atoms with E-state index in [9.17, 15) is 18.4 Å². The molecule has 1 aromatic carbocycles. The Morgan fingerprint density at radius 3 is 2.54 bits per heavy atom. The zero-order valence-corrected chi connectivity index (χ0v) is 14.4. The number of carbonyl (C=O) groups excluding carboxylic acids is 2. The standard InChI is InChI=1S/C16H19F2N3O5/c1-24-9-14(22)15(16(23)25-2)20-19-12-7-11(18)13(8-10(12)17)21-3-5-26-6-4-21/h7-8,19H,3-6,9H2,1-2H3/b20-15-. The van der Waals surface area contributed by atoms with Gasteiger partial charge in [-0.05, 0) is 0 Å². The molecule has 0 aliphatic carbocycles. The molecule has 1 fully saturated rings. The van der Waals surface area contributed by atoms with Gasteiger partial charge in [0, 0.05) is 32.3 Å². The van der Waals surface area contributed by atoms with Gasteiger partial charge in [0.05, 0.1) is 31.7 Å². The Hall–Kier alpha value is -2.59. The van der Waals surface area contributed by atoms with Gasteiger partial charge in [-0.2, -0.15) is 5.10 Å². The lowest BCUT2D eigenvalue weighted by Crippen LogP contribution is -2.36. The number of morpholine rings is 1. The number of ketones is 1. The van der Waals surface area contributed by atoms with Gasteiger partial charge in [-0.1, -0.05) is 0 Å². The molecule has 8 nitrogen and oxygen atoms in total. The van der Waals surface area contributed by atoms with E-state index in [4.69, 9.17) is 4.74 Å². The van der Waals surface area contributed by atoms with E-state index in [0.717, 1.165) is 19.2 Å². The summed E-state index contributed by atoms with van der Waals surface area (Å²) in [5.74, 6) is -3.25. The van der Waals surface area contributed by atoms with Crippen LogP contribution >= 0.6 is 0 Å². The molecule has 1 heterocycles. The Balaban J connectivity index is 2.23. The number of methoxy groups -OCH3 is 2. The second-order valence-electron chi connectivity index (χ2n) is 5.30. The molecule has 0 atom stereocenters. The van der Waals surface area contributed by atoms with Gasteiger partial charge in [0.25, 0.3) is 0 Å². The minimum absolute atomic E-state index is 0.101. The summed E-state index contributed by atoms with van der Waals surface area (Å²) in [4.78, 5) is 25.1. The third-order valence-corrected chi connectivity index (χ3v) is 3.59. The fourth-order valence-corrected chi connectivity index (χ4v) is 2.30. The van der Waals surface area contributed by atoms with Crippen molar-refractivity contribution in [2.45, 2.75) is 0 Å². The number of hydrogen-bond acceptors (Lipinski definition) is 8. The summed E-state index contributed by atoms with van der Waals surface area (Å²) in [5.41, 5.74) is 1.35. The highest BCUT2D eigenvalue weighted by molar-refractivity contribution is 6.64. The van der Waals surface area contributed by atoms with E-state index in [0.29, 0.717) is 26.3 Å². The average Bonchev–Trinajstić information content (AvgIpc) is 2.64. The maximum atomic E-state index is 14.3. The Morgan fingerprint density at radius 1 is 1.23 bits per heavy atom. The lowest BCUT2D eigenvalue weighted by atomic mass is 10.2. The van der Waals surface area contributed by atoms with Crippen molar-refractivity contribution in [1.29, 1.82) is 0 Å². The fourth-order valence-electron chi connectivity index (χ4n) is 2.30. The molecule has 0 bridgehead atoms. The normalized spacial score (nSPS) is 14.9. The highest BCUT2D eigenvalue weighted by atomic mass is 19.1. The van der Waals surface area contributed by atoms with Crippen molar-refractivity contribution in [3.05, 3.63) is 23.8 Å². The molecule has 0 saturated carbocycles. The summed E-state index contributed by atoms with van der Waals surface area (Å²) in [7, 11) is 2.33. The van der Waals surface area contributed by atoms with Crippen LogP contribution in [-0.2, 0) is 23.8 Å². The highest BCUT2D eigenvalue weighted by Gasteiger charge is 2.22. The predicted octanol–water partition coefficient (Wildman–Crippen LogP) is 0.958. The highest BCUT2D eigenvalue weighted by Crippen LogP contribution is 2.26. The third-order valence-electron chi connectivity index (χ3n) is 3.59. The van der Waals surface area contributed by atoms with Gasteiger partial charge in [0.1, 0.15) is 18.2 Å². The molecule has 1 aliphatic heterocycles. The Bertz CT molecular complexity index is 705. The molecular weight excluding hydrogens is 352 g/mol. The van der Waals surface area contributed by atoms with E-state index < -0.39 is 35.7 Å². The molecule has 10 heteroatoms. The van der Waals surface area contributed by atoms with Crippen LogP contribution in [0.1, 0.15) is 0 Å². The molecule has 0 spiro atoms. The largest absolute Gasteiger partial charge is 0.464 e. The van der Waals surface area contributed by atoms with Crippen molar-refractivity contribution in [3.63, 3.8) is 0 Å². The molecule has 2 rings (SSSR count). The molecule has 1 saturated heterocycles. The van der Waals surface area contributed by atoms with Crippen LogP contribution in [0.2, 0.25) is 0 Å². The van der Waals surface area contributed by atoms with Crippen LogP contribution in [0.3, 0.4) is 0 Å². The van der Waals surface area contributed by atoms with Gasteiger partial charge >= 0.3 is 5.97 Å². The lowest BCUT2D eigenvalue weighted by molar-refractivity contribution is -0.133. The Kier molecular flexibility index (Phi) is 6.98. The molecule has 26 heavy (non-hydrogen) atoms. The van der Waals surface area contributed by atoms with Crippen LogP contribution in [0.4, 0.5) is 20.2 Å². The van der Waals surface area contributed by atoms with Gasteiger partial charge < -0.3 is 19.1 Å². The second kappa shape index (κ2) is 9.20. The number of nitrogens with zero attached hydrogens (tertiary/aromatic N) is 2. The van der Waals surface area contributed by atoms with Crippen LogP contribution < -0.4 is 10.3 Å². The number of esters is 1. The molecule has 1 aromatic rings. The first kappa shape index (κ1) is 19.7. The molecule has 0 unspecified atom stereocenters. The minimum atomic E-state index is -1.02. The molecule has 1 N–H and O–H groups in total. The number of hydrazone groups is 1. The zero-order valence-electron chi connectivity index (χ0n) is 14.4. The SMILES string of the molecule is COCC(=O)/C(=N/Nc1cc(F)c(N2CCOCC2)cc1F)C(=O)OC. The number of hydrogen-bond donors (Lipinski definition) is 1. The first-order valence-electron chi connectivity index (χ1n) is 7.73. The van der Waals surface area contributed by atoms with E-state index in [2.05, 4.69) is 20.0 Å². The number of carbonyl (C=O) groups is 2. The predicted molar refractivity (Wildman–Crippen MR) is 89.3 cm³/mol. The summed E-state index contributed by atoms with van der Waals surface area (Å²) in [5, 5.41) is 3.55. The molecular formula is C16H19F2N3O5. The van der Waals surface area contributed by atoms with Gasteiger partial charge in [0.15, 0.2) is 0 Å². The van der Waals surface area contributed by atoms with Gasteiger partial charge in [-0.25, -0.2) is 13.6 Å². The number of halogens is 2. The molecule has 0 radical (unpaired) electrons. The summed E-state index contributed by atoms with van der Waals surface area (Å²) in [6.45, 7) is 1.33. The summed E-state index contributed by atoms with van der Waals surface area (Å²) in [6.07, 6.45) is 0. The molecule has 0 aromatic heterocycles. The van der Waals surface area contributed by atoms with Crippen molar-refractivity contribution in [1.82, 2.24) is 0 Å². The van der Waals surface area contributed by atoms with Gasteiger partial charge in [-0.15, -0.1) is 0 Å². The van der Waals surface area contributed by atoms with E-state index in [1.54, 1.807) is 4.90 Å². The number of rotatable bonds is 7. The minimum Gasteiger partial charge on any atom is -0.464 e. The number of anilines is 2. The van der Waals surface area contributed by atoms with Crippen LogP contribution in [-0.4, -0.2) is 64.6 Å². The van der Waals surface area contributed by atoms with Crippen molar-refractivity contribution < 1.29 is 32.6 Å². The number of Topliss-reactive ketones (excluding diaryl/α,β-unsaturated/α-hetero) is 1. The number of nitrogens with one attached hydrogen (secondary N) is 1. The smallest absolute Gasteiger partial charge is 0.362 e. The summed E-state index contributed by atoms with van der Waals surface area (Å²) < 4.78 is 42.9. The third kappa shape index (κ3) is 4.73. The van der Waals surface area contributed by atoms with Crippen LogP contribution in [0.5, 0.6) is 0 Å². The van der Waals surface area contributed by atoms with E-state index in [-0.39, 0.29) is 11.4 Å². The van der Waals surface area contributed by atoms with Crippen molar-refractivity contribution in [2.75, 3.05) is 57.5 Å². The molecule has 1 aliphatic rings.